The van der Waals surface area contributed by atoms with Gasteiger partial charge >= 0.3 is 0 Å². The van der Waals surface area contributed by atoms with Gasteiger partial charge in [0.2, 0.25) is 5.12 Å². The van der Waals surface area contributed by atoms with Crippen molar-refractivity contribution in [3.8, 4) is 23.0 Å². The van der Waals surface area contributed by atoms with Crippen molar-refractivity contribution < 1.29 is 18.7 Å². The molecule has 0 aliphatic carbocycles. The van der Waals surface area contributed by atoms with E-state index in [1.165, 1.54) is 0 Å². The first-order valence-electron chi connectivity index (χ1n) is 7.04. The molecule has 0 N–H and O–H groups in total. The topological polar surface area (TPSA) is 74.5 Å². The lowest BCUT2D eigenvalue weighted by Gasteiger charge is -2.03. The number of ether oxygens (including phenoxy) is 2. The van der Waals surface area contributed by atoms with Crippen LogP contribution in [0.3, 0.4) is 0 Å². The second-order valence-corrected chi connectivity index (χ2v) is 5.62. The maximum absolute atomic E-state index is 12.3. The van der Waals surface area contributed by atoms with Gasteiger partial charge in [0.1, 0.15) is 11.5 Å². The monoisotopic (exact) mass is 342 g/mol. The molecule has 0 spiro atoms. The summed E-state index contributed by atoms with van der Waals surface area (Å²) in [4.78, 5) is 12.3. The maximum Gasteiger partial charge on any atom is 0.284 e. The zero-order valence-corrected chi connectivity index (χ0v) is 13.9. The van der Waals surface area contributed by atoms with Crippen LogP contribution in [0.1, 0.15) is 10.4 Å². The fraction of sp³-hybridized carbons (Fsp3) is 0.118. The second kappa shape index (κ2) is 7.18. The molecule has 0 radical (unpaired) electrons. The average molecular weight is 342 g/mol. The lowest BCUT2D eigenvalue weighted by molar-refractivity contribution is 0.108. The first kappa shape index (κ1) is 16.1. The highest BCUT2D eigenvalue weighted by molar-refractivity contribution is 8.14. The normalized spacial score (nSPS) is 10.4. The highest BCUT2D eigenvalue weighted by atomic mass is 32.2. The van der Waals surface area contributed by atoms with Crippen molar-refractivity contribution in [2.75, 3.05) is 14.2 Å². The Balaban J connectivity index is 1.80. The highest BCUT2D eigenvalue weighted by Gasteiger charge is 2.17. The van der Waals surface area contributed by atoms with Crippen molar-refractivity contribution >= 4 is 16.9 Å². The molecular weight excluding hydrogens is 328 g/mol. The average Bonchev–Trinajstić information content (AvgIpc) is 3.10. The van der Waals surface area contributed by atoms with E-state index in [1.807, 2.05) is 18.2 Å². The van der Waals surface area contributed by atoms with E-state index in [4.69, 9.17) is 13.9 Å². The van der Waals surface area contributed by atoms with E-state index in [2.05, 4.69) is 10.2 Å². The minimum atomic E-state index is -0.205. The van der Waals surface area contributed by atoms with Crippen molar-refractivity contribution in [1.29, 1.82) is 0 Å². The summed E-state index contributed by atoms with van der Waals surface area (Å²) in [5.74, 6) is 1.53. The van der Waals surface area contributed by atoms with Gasteiger partial charge in [0.05, 0.1) is 19.8 Å². The number of hydrogen-bond donors (Lipinski definition) is 0. The molecule has 7 heteroatoms. The van der Waals surface area contributed by atoms with E-state index in [0.717, 1.165) is 11.8 Å². The summed E-state index contributed by atoms with van der Waals surface area (Å²) in [6.07, 6.45) is 0. The maximum atomic E-state index is 12.3. The summed E-state index contributed by atoms with van der Waals surface area (Å²) in [7, 11) is 3.12. The molecule has 6 nitrogen and oxygen atoms in total. The number of nitrogens with zero attached hydrogens (tertiary/aromatic N) is 2. The quantitative estimate of drug-likeness (QED) is 0.655. The molecule has 0 fully saturated rings. The van der Waals surface area contributed by atoms with Gasteiger partial charge in [-0.1, -0.05) is 24.3 Å². The SMILES string of the molecule is COc1cccc(C(=O)Sc2nnc(-c3ccccc3OC)o2)c1. The molecule has 3 rings (SSSR count). The van der Waals surface area contributed by atoms with Gasteiger partial charge in [-0.25, -0.2) is 0 Å². The Bertz CT molecular complexity index is 863. The number of hydrogen-bond acceptors (Lipinski definition) is 7. The van der Waals surface area contributed by atoms with Crippen LogP contribution in [-0.4, -0.2) is 29.5 Å². The molecule has 1 heterocycles. The number of para-hydroxylation sites is 1. The Morgan fingerprint density at radius 1 is 1.04 bits per heavy atom. The summed E-state index contributed by atoms with van der Waals surface area (Å²) in [5, 5.41) is 7.86. The lowest BCUT2D eigenvalue weighted by Crippen LogP contribution is -1.94. The van der Waals surface area contributed by atoms with Gasteiger partial charge in [-0.15, -0.1) is 10.2 Å². The number of rotatable bonds is 5. The molecule has 2 aromatic carbocycles. The van der Waals surface area contributed by atoms with Crippen LogP contribution in [-0.2, 0) is 0 Å². The second-order valence-electron chi connectivity index (χ2n) is 4.69. The Kier molecular flexibility index (Phi) is 4.81. The van der Waals surface area contributed by atoms with E-state index in [1.54, 1.807) is 44.6 Å². The molecule has 0 atom stereocenters. The standard InChI is InChI=1S/C17H14N2O4S/c1-21-12-7-5-6-11(10-12)16(20)24-17-19-18-15(23-17)13-8-3-4-9-14(13)22-2/h3-10H,1-2H3. The Morgan fingerprint density at radius 3 is 2.67 bits per heavy atom. The Morgan fingerprint density at radius 2 is 1.88 bits per heavy atom. The van der Waals surface area contributed by atoms with Crippen LogP contribution in [0.5, 0.6) is 11.5 Å². The predicted octanol–water partition coefficient (Wildman–Crippen LogP) is 3.69. The molecule has 0 amide bonds. The number of carbonyl (C=O) groups excluding carboxylic acids is 1. The van der Waals surface area contributed by atoms with E-state index >= 15 is 0 Å². The summed E-state index contributed by atoms with van der Waals surface area (Å²) in [5.41, 5.74) is 1.17. The molecule has 24 heavy (non-hydrogen) atoms. The predicted molar refractivity (Wildman–Crippen MR) is 89.5 cm³/mol. The van der Waals surface area contributed by atoms with Crippen molar-refractivity contribution in [3.05, 3.63) is 54.1 Å². The number of aromatic nitrogens is 2. The lowest BCUT2D eigenvalue weighted by atomic mass is 10.2. The number of benzene rings is 2. The zero-order valence-electron chi connectivity index (χ0n) is 13.1. The largest absolute Gasteiger partial charge is 0.497 e. The van der Waals surface area contributed by atoms with Crippen molar-refractivity contribution in [2.45, 2.75) is 5.22 Å². The first-order valence-corrected chi connectivity index (χ1v) is 7.86. The van der Waals surface area contributed by atoms with Crippen molar-refractivity contribution in [3.63, 3.8) is 0 Å². The van der Waals surface area contributed by atoms with Gasteiger partial charge in [0.15, 0.2) is 0 Å². The molecule has 0 aliphatic rings. The molecule has 0 saturated carbocycles. The van der Waals surface area contributed by atoms with Crippen LogP contribution in [0.25, 0.3) is 11.5 Å². The molecule has 0 unspecified atom stereocenters. The van der Waals surface area contributed by atoms with Crippen LogP contribution in [0, 0.1) is 0 Å². The number of thioether (sulfide) groups is 1. The van der Waals surface area contributed by atoms with Crippen LogP contribution in [0.4, 0.5) is 0 Å². The Hall–Kier alpha value is -2.80. The summed E-state index contributed by atoms with van der Waals surface area (Å²) in [6, 6.07) is 14.2. The van der Waals surface area contributed by atoms with E-state index in [9.17, 15) is 4.79 Å². The Labute approximate surface area is 142 Å². The van der Waals surface area contributed by atoms with Crippen LogP contribution < -0.4 is 9.47 Å². The molecule has 3 aromatic rings. The van der Waals surface area contributed by atoms with Gasteiger partial charge < -0.3 is 13.9 Å². The smallest absolute Gasteiger partial charge is 0.284 e. The summed E-state index contributed by atoms with van der Waals surface area (Å²) >= 11 is 0.869. The van der Waals surface area contributed by atoms with Gasteiger partial charge in [-0.3, -0.25) is 4.79 Å². The minimum Gasteiger partial charge on any atom is -0.497 e. The minimum absolute atomic E-state index is 0.170. The van der Waals surface area contributed by atoms with Gasteiger partial charge in [-0.2, -0.15) is 0 Å². The summed E-state index contributed by atoms with van der Waals surface area (Å²) < 4.78 is 16.0. The first-order chi connectivity index (χ1) is 11.7. The van der Waals surface area contributed by atoms with Crippen molar-refractivity contribution in [1.82, 2.24) is 10.2 Å². The number of carbonyl (C=O) groups is 1. The van der Waals surface area contributed by atoms with Gasteiger partial charge in [-0.05, 0) is 24.3 Å². The summed E-state index contributed by atoms with van der Waals surface area (Å²) in [6.45, 7) is 0. The van der Waals surface area contributed by atoms with Crippen LogP contribution >= 0.6 is 11.8 Å². The molecule has 0 saturated heterocycles. The molecule has 1 aromatic heterocycles. The molecule has 0 bridgehead atoms. The van der Waals surface area contributed by atoms with Gasteiger partial charge in [0, 0.05) is 17.3 Å². The van der Waals surface area contributed by atoms with E-state index < -0.39 is 0 Å². The van der Waals surface area contributed by atoms with Gasteiger partial charge in [0.25, 0.3) is 11.1 Å². The molecule has 122 valence electrons. The van der Waals surface area contributed by atoms with Crippen LogP contribution in [0.2, 0.25) is 0 Å². The third kappa shape index (κ3) is 3.41. The number of methoxy groups -OCH3 is 2. The fourth-order valence-electron chi connectivity index (χ4n) is 2.07. The van der Waals surface area contributed by atoms with Crippen LogP contribution in [0.15, 0.2) is 58.2 Å². The highest BCUT2D eigenvalue weighted by Crippen LogP contribution is 2.31. The van der Waals surface area contributed by atoms with Crippen molar-refractivity contribution in [2.24, 2.45) is 0 Å². The van der Waals surface area contributed by atoms with E-state index in [0.29, 0.717) is 28.5 Å². The third-order valence-electron chi connectivity index (χ3n) is 3.23. The van der Waals surface area contributed by atoms with E-state index in [-0.39, 0.29) is 10.3 Å². The third-order valence-corrected chi connectivity index (χ3v) is 3.99. The fourth-order valence-corrected chi connectivity index (χ4v) is 2.68. The molecule has 0 aliphatic heterocycles. The zero-order chi connectivity index (χ0) is 16.9. The molecular formula is C17H14N2O4S.